The minimum absolute atomic E-state index is 0.123. The fourth-order valence-electron chi connectivity index (χ4n) is 1.92. The SMILES string of the molecule is COc1ccc(-c2ncc(C(=O)NCC(C)CCO)s2)cc1. The molecule has 0 radical (unpaired) electrons. The number of nitrogens with one attached hydrogen (secondary N) is 1. The van der Waals surface area contributed by atoms with Crippen LogP contribution in [0.25, 0.3) is 10.6 Å². The summed E-state index contributed by atoms with van der Waals surface area (Å²) >= 11 is 1.36. The van der Waals surface area contributed by atoms with E-state index in [1.54, 1.807) is 13.3 Å². The summed E-state index contributed by atoms with van der Waals surface area (Å²) in [5.41, 5.74) is 0.957. The van der Waals surface area contributed by atoms with Gasteiger partial charge in [-0.1, -0.05) is 6.92 Å². The summed E-state index contributed by atoms with van der Waals surface area (Å²) in [5, 5.41) is 12.5. The van der Waals surface area contributed by atoms with E-state index in [1.165, 1.54) is 11.3 Å². The van der Waals surface area contributed by atoms with Crippen molar-refractivity contribution < 1.29 is 14.6 Å². The average molecular weight is 320 g/mol. The van der Waals surface area contributed by atoms with Gasteiger partial charge in [-0.3, -0.25) is 4.79 Å². The second kappa shape index (κ2) is 7.91. The molecular formula is C16H20N2O3S. The molecule has 118 valence electrons. The largest absolute Gasteiger partial charge is 0.497 e. The van der Waals surface area contributed by atoms with Gasteiger partial charge >= 0.3 is 0 Å². The number of amides is 1. The fraction of sp³-hybridized carbons (Fsp3) is 0.375. The molecule has 0 aliphatic carbocycles. The van der Waals surface area contributed by atoms with Crippen LogP contribution in [-0.2, 0) is 0 Å². The number of carbonyl (C=O) groups is 1. The van der Waals surface area contributed by atoms with Crippen molar-refractivity contribution in [3.8, 4) is 16.3 Å². The monoisotopic (exact) mass is 320 g/mol. The zero-order chi connectivity index (χ0) is 15.9. The number of rotatable bonds is 7. The highest BCUT2D eigenvalue weighted by atomic mass is 32.1. The molecule has 1 unspecified atom stereocenters. The first-order valence-corrected chi connectivity index (χ1v) is 7.95. The van der Waals surface area contributed by atoms with Crippen LogP contribution >= 0.6 is 11.3 Å². The van der Waals surface area contributed by atoms with E-state index in [0.717, 1.165) is 16.3 Å². The van der Waals surface area contributed by atoms with E-state index in [1.807, 2.05) is 31.2 Å². The van der Waals surface area contributed by atoms with Gasteiger partial charge in [0.15, 0.2) is 0 Å². The molecule has 22 heavy (non-hydrogen) atoms. The third-order valence-electron chi connectivity index (χ3n) is 3.30. The Hall–Kier alpha value is -1.92. The van der Waals surface area contributed by atoms with Crippen molar-refractivity contribution in [1.29, 1.82) is 0 Å². The van der Waals surface area contributed by atoms with E-state index in [2.05, 4.69) is 10.3 Å². The Kier molecular flexibility index (Phi) is 5.91. The van der Waals surface area contributed by atoms with Crippen LogP contribution in [0, 0.1) is 5.92 Å². The third-order valence-corrected chi connectivity index (χ3v) is 4.34. The quantitative estimate of drug-likeness (QED) is 0.822. The van der Waals surface area contributed by atoms with Crippen LogP contribution in [0.15, 0.2) is 30.5 Å². The number of hydrogen-bond acceptors (Lipinski definition) is 5. The van der Waals surface area contributed by atoms with E-state index in [0.29, 0.717) is 17.8 Å². The predicted octanol–water partition coefficient (Wildman–Crippen LogP) is 2.57. The lowest BCUT2D eigenvalue weighted by Gasteiger charge is -2.09. The van der Waals surface area contributed by atoms with Gasteiger partial charge in [0.1, 0.15) is 15.6 Å². The first-order chi connectivity index (χ1) is 10.6. The van der Waals surface area contributed by atoms with Crippen LogP contribution in [0.1, 0.15) is 23.0 Å². The Morgan fingerprint density at radius 1 is 1.41 bits per heavy atom. The van der Waals surface area contributed by atoms with Gasteiger partial charge in [0.2, 0.25) is 0 Å². The Morgan fingerprint density at radius 2 is 2.14 bits per heavy atom. The van der Waals surface area contributed by atoms with Gasteiger partial charge in [0.05, 0.1) is 13.3 Å². The number of aliphatic hydroxyl groups excluding tert-OH is 1. The summed E-state index contributed by atoms with van der Waals surface area (Å²) < 4.78 is 5.12. The zero-order valence-electron chi connectivity index (χ0n) is 12.7. The fourth-order valence-corrected chi connectivity index (χ4v) is 2.76. The van der Waals surface area contributed by atoms with E-state index in [9.17, 15) is 4.79 Å². The van der Waals surface area contributed by atoms with Crippen molar-refractivity contribution in [3.63, 3.8) is 0 Å². The topological polar surface area (TPSA) is 71.5 Å². The maximum Gasteiger partial charge on any atom is 0.263 e. The molecule has 0 spiro atoms. The smallest absolute Gasteiger partial charge is 0.263 e. The molecular weight excluding hydrogens is 300 g/mol. The maximum absolute atomic E-state index is 12.1. The number of thiazole rings is 1. The second-order valence-corrected chi connectivity index (χ2v) is 6.12. The minimum atomic E-state index is -0.123. The maximum atomic E-state index is 12.1. The number of nitrogens with zero attached hydrogens (tertiary/aromatic N) is 1. The summed E-state index contributed by atoms with van der Waals surface area (Å²) in [7, 11) is 1.62. The number of methoxy groups -OCH3 is 1. The highest BCUT2D eigenvalue weighted by molar-refractivity contribution is 7.16. The van der Waals surface area contributed by atoms with Crippen molar-refractivity contribution in [2.45, 2.75) is 13.3 Å². The molecule has 2 rings (SSSR count). The Balaban J connectivity index is 1.99. The predicted molar refractivity (Wildman–Crippen MR) is 87.3 cm³/mol. The molecule has 6 heteroatoms. The summed E-state index contributed by atoms with van der Waals surface area (Å²) in [6.07, 6.45) is 2.27. The van der Waals surface area contributed by atoms with Crippen LogP contribution < -0.4 is 10.1 Å². The normalized spacial score (nSPS) is 12.0. The zero-order valence-corrected chi connectivity index (χ0v) is 13.5. The Bertz CT molecular complexity index is 610. The first kappa shape index (κ1) is 16.5. The van der Waals surface area contributed by atoms with Gasteiger partial charge in [-0.25, -0.2) is 4.98 Å². The number of benzene rings is 1. The van der Waals surface area contributed by atoms with Gasteiger partial charge in [-0.15, -0.1) is 11.3 Å². The highest BCUT2D eigenvalue weighted by Gasteiger charge is 2.12. The summed E-state index contributed by atoms with van der Waals surface area (Å²) in [4.78, 5) is 17.0. The molecule has 0 aliphatic heterocycles. The third kappa shape index (κ3) is 4.29. The van der Waals surface area contributed by atoms with Crippen molar-refractivity contribution >= 4 is 17.2 Å². The lowest BCUT2D eigenvalue weighted by atomic mass is 10.1. The molecule has 1 aromatic heterocycles. The minimum Gasteiger partial charge on any atom is -0.497 e. The van der Waals surface area contributed by atoms with Crippen LogP contribution in [0.2, 0.25) is 0 Å². The summed E-state index contributed by atoms with van der Waals surface area (Å²) in [6, 6.07) is 7.57. The number of aliphatic hydroxyl groups is 1. The lowest BCUT2D eigenvalue weighted by molar-refractivity contribution is 0.0949. The van der Waals surface area contributed by atoms with Gasteiger partial charge in [-0.2, -0.15) is 0 Å². The number of ether oxygens (including phenoxy) is 1. The van der Waals surface area contributed by atoms with E-state index >= 15 is 0 Å². The van der Waals surface area contributed by atoms with E-state index in [-0.39, 0.29) is 18.4 Å². The van der Waals surface area contributed by atoms with E-state index < -0.39 is 0 Å². The average Bonchev–Trinajstić information content (AvgIpc) is 3.03. The number of carbonyl (C=O) groups excluding carboxylic acids is 1. The van der Waals surface area contributed by atoms with Crippen LogP contribution in [-0.4, -0.2) is 36.3 Å². The highest BCUT2D eigenvalue weighted by Crippen LogP contribution is 2.26. The first-order valence-electron chi connectivity index (χ1n) is 7.13. The summed E-state index contributed by atoms with van der Waals surface area (Å²) in [5.74, 6) is 0.918. The molecule has 0 saturated heterocycles. The molecule has 1 heterocycles. The molecule has 1 aromatic carbocycles. The second-order valence-electron chi connectivity index (χ2n) is 5.09. The summed E-state index contributed by atoms with van der Waals surface area (Å²) in [6.45, 7) is 2.68. The molecule has 5 nitrogen and oxygen atoms in total. The molecule has 0 fully saturated rings. The molecule has 0 aliphatic rings. The van der Waals surface area contributed by atoms with Gasteiger partial charge in [0, 0.05) is 18.7 Å². The molecule has 0 bridgehead atoms. The molecule has 1 amide bonds. The molecule has 1 atom stereocenters. The van der Waals surface area contributed by atoms with Crippen molar-refractivity contribution in [2.75, 3.05) is 20.3 Å². The molecule has 2 aromatic rings. The molecule has 2 N–H and O–H groups in total. The number of hydrogen-bond donors (Lipinski definition) is 2. The Labute approximate surface area is 134 Å². The standard InChI is InChI=1S/C16H20N2O3S/c1-11(7-8-19)9-17-15(20)14-10-18-16(22-14)12-3-5-13(21-2)6-4-12/h3-6,10-11,19H,7-9H2,1-2H3,(H,17,20). The van der Waals surface area contributed by atoms with Crippen molar-refractivity contribution in [1.82, 2.24) is 10.3 Å². The van der Waals surface area contributed by atoms with Gasteiger partial charge in [0.25, 0.3) is 5.91 Å². The van der Waals surface area contributed by atoms with Crippen LogP contribution in [0.3, 0.4) is 0 Å². The van der Waals surface area contributed by atoms with Gasteiger partial charge in [-0.05, 0) is 36.6 Å². The van der Waals surface area contributed by atoms with Crippen molar-refractivity contribution in [2.24, 2.45) is 5.92 Å². The van der Waals surface area contributed by atoms with Crippen LogP contribution in [0.4, 0.5) is 0 Å². The number of aromatic nitrogens is 1. The van der Waals surface area contributed by atoms with Crippen LogP contribution in [0.5, 0.6) is 5.75 Å². The lowest BCUT2D eigenvalue weighted by Crippen LogP contribution is -2.28. The Morgan fingerprint density at radius 3 is 2.77 bits per heavy atom. The van der Waals surface area contributed by atoms with Gasteiger partial charge < -0.3 is 15.2 Å². The van der Waals surface area contributed by atoms with Crippen molar-refractivity contribution in [3.05, 3.63) is 35.3 Å². The molecule has 0 saturated carbocycles. The van der Waals surface area contributed by atoms with E-state index in [4.69, 9.17) is 9.84 Å².